The van der Waals surface area contributed by atoms with E-state index in [0.29, 0.717) is 40.9 Å². The number of hydrogen-bond donors (Lipinski definition) is 2. The molecule has 0 saturated carbocycles. The number of para-hydroxylation sites is 1. The normalized spacial score (nSPS) is 10.6. The van der Waals surface area contributed by atoms with Gasteiger partial charge in [-0.2, -0.15) is 0 Å². The van der Waals surface area contributed by atoms with Crippen LogP contribution in [-0.4, -0.2) is 27.3 Å². The lowest BCUT2D eigenvalue weighted by molar-refractivity contribution is -0.385. The molecule has 36 heavy (non-hydrogen) atoms. The number of aromatic amines is 1. The van der Waals surface area contributed by atoms with Gasteiger partial charge in [0.1, 0.15) is 5.82 Å². The Kier molecular flexibility index (Phi) is 7.07. The van der Waals surface area contributed by atoms with Gasteiger partial charge in [0.15, 0.2) is 0 Å². The average Bonchev–Trinajstić information content (AvgIpc) is 2.87. The minimum Gasteiger partial charge on any atom is -0.356 e. The molecule has 0 atom stereocenters. The molecule has 4 aromatic rings. The molecule has 0 aliphatic carbocycles. The summed E-state index contributed by atoms with van der Waals surface area (Å²) in [4.78, 5) is 44.6. The van der Waals surface area contributed by atoms with Crippen molar-refractivity contribution in [3.05, 3.63) is 110 Å². The van der Waals surface area contributed by atoms with Crippen LogP contribution >= 0.6 is 0 Å². The second kappa shape index (κ2) is 10.5. The Labute approximate surface area is 207 Å². The van der Waals surface area contributed by atoms with E-state index in [4.69, 9.17) is 6.42 Å². The lowest BCUT2D eigenvalue weighted by Gasteiger charge is -2.23. The first kappa shape index (κ1) is 24.2. The zero-order valence-corrected chi connectivity index (χ0v) is 19.5. The molecule has 180 valence electrons. The van der Waals surface area contributed by atoms with Crippen molar-refractivity contribution in [2.75, 3.05) is 11.4 Å². The molecule has 3 aromatic carbocycles. The van der Waals surface area contributed by atoms with Crippen LogP contribution in [0.25, 0.3) is 10.9 Å². The number of anilines is 1. The Balaban J connectivity index is 1.48. The molecule has 9 nitrogen and oxygen atoms in total. The topological polar surface area (TPSA) is 121 Å². The predicted octanol–water partition coefficient (Wildman–Crippen LogP) is 3.71. The highest BCUT2D eigenvalue weighted by Crippen LogP contribution is 2.21. The second-order valence-electron chi connectivity index (χ2n) is 8.18. The minimum absolute atomic E-state index is 0.0381. The quantitative estimate of drug-likeness (QED) is 0.225. The van der Waals surface area contributed by atoms with Gasteiger partial charge in [0, 0.05) is 36.0 Å². The SMILES string of the molecule is C#CCN(Cc1ccc2nc(C)[nH]c(=O)c2c1)c1ccc(C(=O)NCc2ccccc2[N+](=O)[O-])cc1. The van der Waals surface area contributed by atoms with Crippen molar-refractivity contribution in [2.45, 2.75) is 20.0 Å². The Morgan fingerprint density at radius 2 is 1.92 bits per heavy atom. The number of nitro benzene ring substituents is 1. The van der Waals surface area contributed by atoms with Gasteiger partial charge in [0.05, 0.1) is 22.4 Å². The fourth-order valence-electron chi connectivity index (χ4n) is 3.91. The second-order valence-corrected chi connectivity index (χ2v) is 8.18. The zero-order valence-electron chi connectivity index (χ0n) is 19.5. The molecule has 1 amide bonds. The monoisotopic (exact) mass is 481 g/mol. The smallest absolute Gasteiger partial charge is 0.274 e. The maximum absolute atomic E-state index is 12.6. The molecule has 0 fully saturated rings. The van der Waals surface area contributed by atoms with Gasteiger partial charge in [0.25, 0.3) is 17.2 Å². The molecular weight excluding hydrogens is 458 g/mol. The van der Waals surface area contributed by atoms with Crippen molar-refractivity contribution in [2.24, 2.45) is 0 Å². The molecular formula is C27H23N5O4. The van der Waals surface area contributed by atoms with Gasteiger partial charge in [-0.3, -0.25) is 19.7 Å². The number of hydrogen-bond acceptors (Lipinski definition) is 6. The molecule has 0 bridgehead atoms. The summed E-state index contributed by atoms with van der Waals surface area (Å²) in [6.45, 7) is 2.55. The largest absolute Gasteiger partial charge is 0.356 e. The van der Waals surface area contributed by atoms with Crippen LogP contribution in [0.15, 0.2) is 71.5 Å². The number of aryl methyl sites for hydroxylation is 1. The fraction of sp³-hybridized carbons (Fsp3) is 0.148. The number of benzene rings is 3. The van der Waals surface area contributed by atoms with E-state index >= 15 is 0 Å². The molecule has 2 N–H and O–H groups in total. The number of terminal acetylenes is 1. The van der Waals surface area contributed by atoms with Crippen molar-refractivity contribution < 1.29 is 9.72 Å². The van der Waals surface area contributed by atoms with Gasteiger partial charge < -0.3 is 15.2 Å². The minimum atomic E-state index is -0.473. The van der Waals surface area contributed by atoms with E-state index in [1.165, 1.54) is 6.07 Å². The summed E-state index contributed by atoms with van der Waals surface area (Å²) in [6, 6.07) is 18.7. The summed E-state index contributed by atoms with van der Waals surface area (Å²) in [5.74, 6) is 2.85. The summed E-state index contributed by atoms with van der Waals surface area (Å²) in [5, 5.41) is 14.4. The van der Waals surface area contributed by atoms with Crippen LogP contribution in [0.1, 0.15) is 27.3 Å². The molecule has 0 spiro atoms. The van der Waals surface area contributed by atoms with E-state index in [2.05, 4.69) is 21.2 Å². The Morgan fingerprint density at radius 1 is 1.17 bits per heavy atom. The summed E-state index contributed by atoms with van der Waals surface area (Å²) in [7, 11) is 0. The standard InChI is InChI=1S/C27H23N5O4/c1-3-14-31(17-19-8-13-24-23(15-19)27(34)30-18(2)29-24)22-11-9-20(10-12-22)26(33)28-16-21-6-4-5-7-25(21)32(35)36/h1,4-13,15H,14,16-17H2,2H3,(H,28,33)(H,29,30,34). The van der Waals surface area contributed by atoms with E-state index in [1.807, 2.05) is 17.0 Å². The van der Waals surface area contributed by atoms with Crippen LogP contribution < -0.4 is 15.8 Å². The highest BCUT2D eigenvalue weighted by atomic mass is 16.6. The van der Waals surface area contributed by atoms with Crippen LogP contribution in [0.2, 0.25) is 0 Å². The molecule has 0 radical (unpaired) electrons. The highest BCUT2D eigenvalue weighted by Gasteiger charge is 2.14. The Morgan fingerprint density at radius 3 is 2.64 bits per heavy atom. The van der Waals surface area contributed by atoms with E-state index < -0.39 is 4.92 Å². The predicted molar refractivity (Wildman–Crippen MR) is 138 cm³/mol. The first-order chi connectivity index (χ1) is 17.4. The van der Waals surface area contributed by atoms with Gasteiger partial charge in [-0.25, -0.2) is 4.98 Å². The number of nitrogens with zero attached hydrogens (tertiary/aromatic N) is 3. The van der Waals surface area contributed by atoms with Crippen LogP contribution in [0.3, 0.4) is 0 Å². The van der Waals surface area contributed by atoms with Crippen molar-refractivity contribution in [1.29, 1.82) is 0 Å². The maximum Gasteiger partial charge on any atom is 0.274 e. The first-order valence-corrected chi connectivity index (χ1v) is 11.1. The zero-order chi connectivity index (χ0) is 25.7. The average molecular weight is 482 g/mol. The van der Waals surface area contributed by atoms with E-state index in [9.17, 15) is 19.7 Å². The molecule has 1 heterocycles. The number of nitrogens with one attached hydrogen (secondary N) is 2. The number of carbonyl (C=O) groups is 1. The molecule has 4 rings (SSSR count). The van der Waals surface area contributed by atoms with Gasteiger partial charge in [0.2, 0.25) is 0 Å². The number of aromatic nitrogens is 2. The first-order valence-electron chi connectivity index (χ1n) is 11.1. The van der Waals surface area contributed by atoms with Crippen LogP contribution in [-0.2, 0) is 13.1 Å². The number of carbonyl (C=O) groups excluding carboxylic acids is 1. The molecule has 0 aliphatic rings. The van der Waals surface area contributed by atoms with Crippen LogP contribution in [0.4, 0.5) is 11.4 Å². The van der Waals surface area contributed by atoms with Gasteiger partial charge in [-0.05, 0) is 48.9 Å². The number of amides is 1. The molecule has 0 aliphatic heterocycles. The van der Waals surface area contributed by atoms with Crippen molar-refractivity contribution in [3.8, 4) is 12.3 Å². The number of H-pyrrole nitrogens is 1. The molecule has 1 aromatic heterocycles. The van der Waals surface area contributed by atoms with Crippen molar-refractivity contribution in [3.63, 3.8) is 0 Å². The molecule has 0 saturated heterocycles. The van der Waals surface area contributed by atoms with Gasteiger partial charge in [-0.1, -0.05) is 30.2 Å². The maximum atomic E-state index is 12.6. The summed E-state index contributed by atoms with van der Waals surface area (Å²) >= 11 is 0. The van der Waals surface area contributed by atoms with Gasteiger partial charge in [-0.15, -0.1) is 6.42 Å². The van der Waals surface area contributed by atoms with E-state index in [0.717, 1.165) is 11.3 Å². The fourth-order valence-corrected chi connectivity index (χ4v) is 3.91. The third-order valence-corrected chi connectivity index (χ3v) is 5.67. The Bertz CT molecular complexity index is 1540. The van der Waals surface area contributed by atoms with Crippen molar-refractivity contribution in [1.82, 2.24) is 15.3 Å². The van der Waals surface area contributed by atoms with Crippen molar-refractivity contribution >= 4 is 28.2 Å². The Hall–Kier alpha value is -4.97. The van der Waals surface area contributed by atoms with Gasteiger partial charge >= 0.3 is 0 Å². The number of nitro groups is 1. The number of fused-ring (bicyclic) bond motifs is 1. The third kappa shape index (κ3) is 5.39. The summed E-state index contributed by atoms with van der Waals surface area (Å²) in [6.07, 6.45) is 5.59. The number of rotatable bonds is 8. The highest BCUT2D eigenvalue weighted by molar-refractivity contribution is 5.94. The van der Waals surface area contributed by atoms with E-state index in [1.54, 1.807) is 55.5 Å². The van der Waals surface area contributed by atoms with Crippen LogP contribution in [0, 0.1) is 29.4 Å². The molecule has 9 heteroatoms. The van der Waals surface area contributed by atoms with E-state index in [-0.39, 0.29) is 23.7 Å². The lowest BCUT2D eigenvalue weighted by Crippen LogP contribution is -2.25. The summed E-state index contributed by atoms with van der Waals surface area (Å²) < 4.78 is 0. The third-order valence-electron chi connectivity index (χ3n) is 5.67. The lowest BCUT2D eigenvalue weighted by atomic mass is 10.1. The molecule has 0 unspecified atom stereocenters. The summed E-state index contributed by atoms with van der Waals surface area (Å²) in [5.41, 5.74) is 2.92. The van der Waals surface area contributed by atoms with Crippen LogP contribution in [0.5, 0.6) is 0 Å².